The number of para-hydroxylation sites is 1. The fourth-order valence-electron chi connectivity index (χ4n) is 2.29. The fraction of sp³-hybridized carbons (Fsp3) is 0.333. The summed E-state index contributed by atoms with van der Waals surface area (Å²) in [6.45, 7) is 3.59. The minimum absolute atomic E-state index is 0.308. The number of nitrogens with one attached hydrogen (secondary N) is 1. The Kier molecular flexibility index (Phi) is 5.56. The van der Waals surface area contributed by atoms with E-state index >= 15 is 0 Å². The molecule has 0 fully saturated rings. The summed E-state index contributed by atoms with van der Waals surface area (Å²) in [4.78, 5) is 7.03. The van der Waals surface area contributed by atoms with Gasteiger partial charge in [-0.3, -0.25) is 0 Å². The predicted octanol–water partition coefficient (Wildman–Crippen LogP) is 4.92. The molecule has 0 bridgehead atoms. The highest BCUT2D eigenvalue weighted by atomic mass is 35.5. The Labute approximate surface area is 142 Å². The van der Waals surface area contributed by atoms with E-state index in [9.17, 15) is 17.7 Å². The van der Waals surface area contributed by atoms with Crippen LogP contribution in [-0.4, -0.2) is 22.3 Å². The first-order valence-electron chi connectivity index (χ1n) is 7.25. The molecule has 0 amide bonds. The van der Waals surface area contributed by atoms with Gasteiger partial charge in [0.15, 0.2) is 0 Å². The second-order valence-electron chi connectivity index (χ2n) is 5.06. The number of aromatic nitrogens is 2. The van der Waals surface area contributed by atoms with Crippen LogP contribution in [0.1, 0.15) is 19.4 Å². The van der Waals surface area contributed by atoms with Crippen molar-refractivity contribution in [3.63, 3.8) is 0 Å². The van der Waals surface area contributed by atoms with Gasteiger partial charge >= 0.3 is 6.18 Å². The molecule has 1 aromatic heterocycles. The molecule has 1 aromatic carbocycles. The van der Waals surface area contributed by atoms with Crippen molar-refractivity contribution < 1.29 is 17.7 Å². The molecule has 24 heavy (non-hydrogen) atoms. The highest BCUT2D eigenvalue weighted by Gasteiger charge is 2.35. The lowest BCUT2D eigenvalue weighted by Gasteiger charge is -2.20. The van der Waals surface area contributed by atoms with E-state index in [1.165, 1.54) is 0 Å². The third-order valence-electron chi connectivity index (χ3n) is 3.68. The summed E-state index contributed by atoms with van der Waals surface area (Å²) >= 11 is 5.63. The van der Waals surface area contributed by atoms with Crippen LogP contribution in [0.15, 0.2) is 30.5 Å². The molecular weight excluding hydrogens is 362 g/mol. The van der Waals surface area contributed by atoms with E-state index < -0.39 is 24.7 Å². The number of hydrogen-bond donors (Lipinski definition) is 1. The van der Waals surface area contributed by atoms with Gasteiger partial charge in [-0.05, 0) is 23.7 Å². The second kappa shape index (κ2) is 7.11. The highest BCUT2D eigenvalue weighted by Crippen LogP contribution is 2.46. The van der Waals surface area contributed by atoms with Crippen LogP contribution in [0.4, 0.5) is 24.7 Å². The minimum atomic E-state index is -4.64. The number of rotatable bonds is 5. The summed E-state index contributed by atoms with van der Waals surface area (Å²) in [5.41, 5.74) is -0.714. The third-order valence-corrected chi connectivity index (χ3v) is 7.18. The summed E-state index contributed by atoms with van der Waals surface area (Å²) < 4.78 is 52.4. The number of hydrogen-bond acceptors (Lipinski definition) is 4. The maximum atomic E-state index is 13.1. The van der Waals surface area contributed by atoms with Crippen molar-refractivity contribution in [3.05, 3.63) is 41.3 Å². The largest absolute Gasteiger partial charge is 0.421 e. The first-order valence-corrected chi connectivity index (χ1v) is 9.71. The average molecular weight is 378 g/mol. The van der Waals surface area contributed by atoms with E-state index in [-0.39, 0.29) is 5.28 Å². The Morgan fingerprint density at radius 2 is 1.83 bits per heavy atom. The van der Waals surface area contributed by atoms with Gasteiger partial charge in [-0.2, -0.15) is 18.2 Å². The van der Waals surface area contributed by atoms with Gasteiger partial charge in [0.25, 0.3) is 0 Å². The zero-order chi connectivity index (χ0) is 18.0. The number of benzene rings is 1. The molecule has 2 rings (SSSR count). The lowest BCUT2D eigenvalue weighted by molar-refractivity contribution is -0.137. The van der Waals surface area contributed by atoms with Crippen molar-refractivity contribution in [2.75, 3.05) is 17.6 Å². The quantitative estimate of drug-likeness (QED) is 0.593. The van der Waals surface area contributed by atoms with E-state index in [4.69, 9.17) is 11.6 Å². The molecule has 9 heteroatoms. The molecule has 4 nitrogen and oxygen atoms in total. The monoisotopic (exact) mass is 377 g/mol. The van der Waals surface area contributed by atoms with E-state index in [2.05, 4.69) is 15.3 Å². The van der Waals surface area contributed by atoms with Gasteiger partial charge in [0.05, 0.1) is 5.69 Å². The first kappa shape index (κ1) is 18.7. The number of nitrogens with zero attached hydrogens (tertiary/aromatic N) is 2. The highest BCUT2D eigenvalue weighted by molar-refractivity contribution is 7.71. The topological polar surface area (TPSA) is 54.9 Å². The van der Waals surface area contributed by atoms with Crippen LogP contribution in [0.3, 0.4) is 0 Å². The van der Waals surface area contributed by atoms with Crippen molar-refractivity contribution >= 4 is 35.6 Å². The Bertz CT molecular complexity index is 775. The van der Waals surface area contributed by atoms with Crippen LogP contribution in [-0.2, 0) is 10.7 Å². The van der Waals surface area contributed by atoms with Gasteiger partial charge in [-0.15, -0.1) is 0 Å². The van der Waals surface area contributed by atoms with Gasteiger partial charge in [0.2, 0.25) is 5.28 Å². The molecule has 0 unspecified atom stereocenters. The molecule has 0 saturated carbocycles. The third kappa shape index (κ3) is 3.90. The standard InChI is InChI=1S/C15H16ClF3N3OP/c1-3-24(23,4-2)12-8-6-5-7-11(12)21-13-10(15(17,18)19)9-20-14(16)22-13/h5-9H,3-4H2,1-2H3,(H,20,21,22). The number of anilines is 2. The maximum Gasteiger partial charge on any atom is 0.421 e. The normalized spacial score (nSPS) is 12.2. The average Bonchev–Trinajstić information content (AvgIpc) is 2.53. The van der Waals surface area contributed by atoms with Gasteiger partial charge < -0.3 is 9.88 Å². The van der Waals surface area contributed by atoms with Crippen molar-refractivity contribution in [3.8, 4) is 0 Å². The molecule has 130 valence electrons. The van der Waals surface area contributed by atoms with Gasteiger partial charge in [-0.1, -0.05) is 26.0 Å². The number of alkyl halides is 3. The van der Waals surface area contributed by atoms with Crippen molar-refractivity contribution in [2.45, 2.75) is 20.0 Å². The summed E-state index contributed by atoms with van der Waals surface area (Å²) in [6.07, 6.45) is -3.18. The van der Waals surface area contributed by atoms with Crippen LogP contribution in [0.2, 0.25) is 5.28 Å². The number of halogens is 4. The van der Waals surface area contributed by atoms with E-state index in [0.29, 0.717) is 29.5 Å². The second-order valence-corrected chi connectivity index (χ2v) is 8.93. The lowest BCUT2D eigenvalue weighted by Crippen LogP contribution is -2.16. The zero-order valence-electron chi connectivity index (χ0n) is 13.1. The Hall–Kier alpha value is -1.59. The van der Waals surface area contributed by atoms with E-state index in [0.717, 1.165) is 0 Å². The minimum Gasteiger partial charge on any atom is -0.339 e. The first-order chi connectivity index (χ1) is 11.2. The van der Waals surface area contributed by atoms with E-state index in [1.54, 1.807) is 38.1 Å². The Morgan fingerprint density at radius 1 is 1.21 bits per heavy atom. The lowest BCUT2D eigenvalue weighted by atomic mass is 10.2. The van der Waals surface area contributed by atoms with Crippen LogP contribution in [0, 0.1) is 0 Å². The molecule has 2 aromatic rings. The summed E-state index contributed by atoms with van der Waals surface area (Å²) in [6, 6.07) is 6.59. The molecule has 0 aliphatic heterocycles. The van der Waals surface area contributed by atoms with Crippen LogP contribution in [0.25, 0.3) is 0 Å². The fourth-order valence-corrected chi connectivity index (χ4v) is 4.48. The summed E-state index contributed by atoms with van der Waals surface area (Å²) in [7, 11) is -2.70. The predicted molar refractivity (Wildman–Crippen MR) is 90.1 cm³/mol. The summed E-state index contributed by atoms with van der Waals surface area (Å²) in [5, 5.41) is 2.82. The Morgan fingerprint density at radius 3 is 2.42 bits per heavy atom. The van der Waals surface area contributed by atoms with Crippen LogP contribution < -0.4 is 10.6 Å². The zero-order valence-corrected chi connectivity index (χ0v) is 14.7. The molecule has 0 saturated heterocycles. The molecule has 0 aliphatic carbocycles. The molecule has 0 radical (unpaired) electrons. The Balaban J connectivity index is 2.55. The maximum absolute atomic E-state index is 13.1. The summed E-state index contributed by atoms with van der Waals surface area (Å²) in [5.74, 6) is -0.464. The molecule has 1 heterocycles. The molecule has 0 spiro atoms. The van der Waals surface area contributed by atoms with Crippen LogP contribution >= 0.6 is 18.7 Å². The SMILES string of the molecule is CCP(=O)(CC)c1ccccc1Nc1nc(Cl)ncc1C(F)(F)F. The molecule has 0 atom stereocenters. The van der Waals surface area contributed by atoms with Crippen molar-refractivity contribution in [2.24, 2.45) is 0 Å². The smallest absolute Gasteiger partial charge is 0.339 e. The van der Waals surface area contributed by atoms with Gasteiger partial charge in [0.1, 0.15) is 18.5 Å². The molecule has 0 aliphatic rings. The van der Waals surface area contributed by atoms with Crippen molar-refractivity contribution in [1.29, 1.82) is 0 Å². The van der Waals surface area contributed by atoms with Crippen molar-refractivity contribution in [1.82, 2.24) is 9.97 Å². The van der Waals surface area contributed by atoms with E-state index in [1.807, 2.05) is 0 Å². The van der Waals surface area contributed by atoms with Crippen LogP contribution in [0.5, 0.6) is 0 Å². The van der Waals surface area contributed by atoms with Gasteiger partial charge in [-0.25, -0.2) is 4.98 Å². The molecule has 1 N–H and O–H groups in total. The van der Waals surface area contributed by atoms with Gasteiger partial charge in [0, 0.05) is 23.8 Å². The molecular formula is C15H16ClF3N3OP.